The lowest BCUT2D eigenvalue weighted by Crippen LogP contribution is -2.44. The molecule has 5 nitrogen and oxygen atoms in total. The van der Waals surface area contributed by atoms with Crippen LogP contribution < -0.4 is 11.1 Å². The number of carbonyl (C=O) groups is 2. The Morgan fingerprint density at radius 3 is 2.33 bits per heavy atom. The highest BCUT2D eigenvalue weighted by Crippen LogP contribution is 2.01. The lowest BCUT2D eigenvalue weighted by atomic mass is 10.0. The monoisotopic (exact) mass is 174 g/mol. The molecule has 0 bridgehead atoms. The van der Waals surface area contributed by atoms with Gasteiger partial charge in [0.15, 0.2) is 0 Å². The first kappa shape index (κ1) is 10.9. The average Bonchev–Trinajstić information content (AvgIpc) is 2.12. The van der Waals surface area contributed by atoms with E-state index in [1.165, 1.54) is 14.2 Å². The predicted molar refractivity (Wildman–Crippen MR) is 43.2 cm³/mol. The molecule has 0 radical (unpaired) electrons. The zero-order chi connectivity index (χ0) is 9.72. The third-order valence-corrected chi connectivity index (χ3v) is 1.67. The summed E-state index contributed by atoms with van der Waals surface area (Å²) in [6, 6.07) is -0.894. The fourth-order valence-corrected chi connectivity index (χ4v) is 0.731. The van der Waals surface area contributed by atoms with Crippen LogP contribution in [0.5, 0.6) is 0 Å². The van der Waals surface area contributed by atoms with Crippen LogP contribution in [0, 0.1) is 5.92 Å². The van der Waals surface area contributed by atoms with E-state index in [0.29, 0.717) is 0 Å². The number of nitrogens with two attached hydrogens (primary N) is 1. The zero-order valence-corrected chi connectivity index (χ0v) is 7.46. The SMILES string of the molecule is CNC(=O)C(C)C(N)C(=O)OC. The summed E-state index contributed by atoms with van der Waals surface area (Å²) in [5, 5.41) is 2.40. The van der Waals surface area contributed by atoms with Gasteiger partial charge in [0.1, 0.15) is 6.04 Å². The highest BCUT2D eigenvalue weighted by Gasteiger charge is 2.26. The first-order valence-corrected chi connectivity index (χ1v) is 3.59. The molecule has 0 aliphatic rings. The number of nitrogens with one attached hydrogen (secondary N) is 1. The first-order chi connectivity index (χ1) is 5.54. The van der Waals surface area contributed by atoms with Crippen molar-refractivity contribution in [2.75, 3.05) is 14.2 Å². The smallest absolute Gasteiger partial charge is 0.323 e. The molecule has 0 heterocycles. The number of hydrogen-bond acceptors (Lipinski definition) is 4. The second-order valence-corrected chi connectivity index (χ2v) is 2.45. The van der Waals surface area contributed by atoms with Gasteiger partial charge in [0.25, 0.3) is 0 Å². The van der Waals surface area contributed by atoms with E-state index in [4.69, 9.17) is 5.73 Å². The fourth-order valence-electron chi connectivity index (χ4n) is 0.731. The van der Waals surface area contributed by atoms with Gasteiger partial charge >= 0.3 is 5.97 Å². The van der Waals surface area contributed by atoms with E-state index < -0.39 is 17.9 Å². The minimum absolute atomic E-state index is 0.270. The van der Waals surface area contributed by atoms with Gasteiger partial charge in [-0.25, -0.2) is 0 Å². The number of rotatable bonds is 3. The van der Waals surface area contributed by atoms with Gasteiger partial charge in [0, 0.05) is 7.05 Å². The maximum absolute atomic E-state index is 11.0. The molecule has 0 aliphatic carbocycles. The highest BCUT2D eigenvalue weighted by molar-refractivity contribution is 5.86. The van der Waals surface area contributed by atoms with Crippen LogP contribution in [0.25, 0.3) is 0 Å². The zero-order valence-electron chi connectivity index (χ0n) is 7.46. The topological polar surface area (TPSA) is 81.4 Å². The summed E-state index contributed by atoms with van der Waals surface area (Å²) in [6.45, 7) is 1.57. The predicted octanol–water partition coefficient (Wildman–Crippen LogP) is -1.13. The summed E-state index contributed by atoms with van der Waals surface area (Å²) in [6.07, 6.45) is 0. The number of ether oxygens (including phenoxy) is 1. The lowest BCUT2D eigenvalue weighted by molar-refractivity contribution is -0.145. The van der Waals surface area contributed by atoms with E-state index >= 15 is 0 Å². The largest absolute Gasteiger partial charge is 0.468 e. The Kier molecular flexibility index (Phi) is 4.28. The van der Waals surface area contributed by atoms with Gasteiger partial charge in [-0.15, -0.1) is 0 Å². The first-order valence-electron chi connectivity index (χ1n) is 3.59. The van der Waals surface area contributed by atoms with Crippen molar-refractivity contribution in [1.29, 1.82) is 0 Å². The number of methoxy groups -OCH3 is 1. The van der Waals surface area contributed by atoms with Gasteiger partial charge in [-0.05, 0) is 0 Å². The van der Waals surface area contributed by atoms with Crippen LogP contribution in [0.4, 0.5) is 0 Å². The Balaban J connectivity index is 4.18. The van der Waals surface area contributed by atoms with E-state index in [2.05, 4.69) is 10.1 Å². The second-order valence-electron chi connectivity index (χ2n) is 2.45. The van der Waals surface area contributed by atoms with Gasteiger partial charge in [-0.2, -0.15) is 0 Å². The van der Waals surface area contributed by atoms with Crippen molar-refractivity contribution in [3.05, 3.63) is 0 Å². The van der Waals surface area contributed by atoms with Crippen LogP contribution in [0.3, 0.4) is 0 Å². The van der Waals surface area contributed by atoms with Crippen LogP contribution in [-0.2, 0) is 14.3 Å². The molecular weight excluding hydrogens is 160 g/mol. The lowest BCUT2D eigenvalue weighted by Gasteiger charge is -2.15. The van der Waals surface area contributed by atoms with Crippen LogP contribution >= 0.6 is 0 Å². The standard InChI is InChI=1S/C7H14N2O3/c1-4(6(10)9-2)5(8)7(11)12-3/h4-5H,8H2,1-3H3,(H,9,10). The summed E-state index contributed by atoms with van der Waals surface area (Å²) in [7, 11) is 2.72. The molecule has 2 unspecified atom stereocenters. The van der Waals surface area contributed by atoms with Crippen molar-refractivity contribution in [1.82, 2.24) is 5.32 Å². The van der Waals surface area contributed by atoms with Crippen molar-refractivity contribution in [2.24, 2.45) is 11.7 Å². The quantitative estimate of drug-likeness (QED) is 0.530. The second kappa shape index (κ2) is 4.71. The molecule has 5 heteroatoms. The van der Waals surface area contributed by atoms with E-state index in [-0.39, 0.29) is 5.91 Å². The Bertz CT molecular complexity index is 161. The molecule has 0 fully saturated rings. The molecule has 70 valence electrons. The van der Waals surface area contributed by atoms with Crippen molar-refractivity contribution in [3.63, 3.8) is 0 Å². The molecular formula is C7H14N2O3. The molecule has 0 rings (SSSR count). The Labute approximate surface area is 71.3 Å². The summed E-state index contributed by atoms with van der Waals surface area (Å²) < 4.78 is 4.38. The van der Waals surface area contributed by atoms with Crippen LogP contribution in [0.2, 0.25) is 0 Å². The van der Waals surface area contributed by atoms with Gasteiger partial charge in [0.05, 0.1) is 13.0 Å². The van der Waals surface area contributed by atoms with E-state index in [9.17, 15) is 9.59 Å². The third-order valence-electron chi connectivity index (χ3n) is 1.67. The number of esters is 1. The Morgan fingerprint density at radius 2 is 2.00 bits per heavy atom. The van der Waals surface area contributed by atoms with Crippen molar-refractivity contribution in [3.8, 4) is 0 Å². The maximum atomic E-state index is 11.0. The van der Waals surface area contributed by atoms with Gasteiger partial charge in [-0.3, -0.25) is 9.59 Å². The molecule has 0 spiro atoms. The van der Waals surface area contributed by atoms with Gasteiger partial charge in [-0.1, -0.05) is 6.92 Å². The normalized spacial score (nSPS) is 14.7. The number of carbonyl (C=O) groups excluding carboxylic acids is 2. The molecule has 0 aromatic heterocycles. The van der Waals surface area contributed by atoms with Crippen LogP contribution in [0.1, 0.15) is 6.92 Å². The summed E-state index contributed by atoms with van der Waals surface area (Å²) in [5.74, 6) is -1.42. The van der Waals surface area contributed by atoms with E-state index in [1.54, 1.807) is 6.92 Å². The highest BCUT2D eigenvalue weighted by atomic mass is 16.5. The Hall–Kier alpha value is -1.10. The van der Waals surface area contributed by atoms with Crippen molar-refractivity contribution >= 4 is 11.9 Å². The molecule has 12 heavy (non-hydrogen) atoms. The van der Waals surface area contributed by atoms with Crippen molar-refractivity contribution in [2.45, 2.75) is 13.0 Å². The average molecular weight is 174 g/mol. The Morgan fingerprint density at radius 1 is 1.50 bits per heavy atom. The molecule has 0 aromatic rings. The van der Waals surface area contributed by atoms with Crippen LogP contribution in [-0.4, -0.2) is 32.1 Å². The maximum Gasteiger partial charge on any atom is 0.323 e. The minimum Gasteiger partial charge on any atom is -0.468 e. The van der Waals surface area contributed by atoms with Gasteiger partial charge in [0.2, 0.25) is 5.91 Å². The molecule has 0 saturated carbocycles. The molecule has 0 saturated heterocycles. The molecule has 1 amide bonds. The number of hydrogen-bond donors (Lipinski definition) is 2. The van der Waals surface area contributed by atoms with Crippen LogP contribution in [0.15, 0.2) is 0 Å². The van der Waals surface area contributed by atoms with Gasteiger partial charge < -0.3 is 15.8 Å². The third kappa shape index (κ3) is 2.50. The molecule has 0 aromatic carbocycles. The fraction of sp³-hybridized carbons (Fsp3) is 0.714. The number of amides is 1. The van der Waals surface area contributed by atoms with Crippen molar-refractivity contribution < 1.29 is 14.3 Å². The molecule has 2 atom stereocenters. The summed E-state index contributed by atoms with van der Waals surface area (Å²) in [4.78, 5) is 21.8. The summed E-state index contributed by atoms with van der Waals surface area (Å²) >= 11 is 0. The minimum atomic E-state index is -0.894. The molecule has 0 aliphatic heterocycles. The van der Waals surface area contributed by atoms with E-state index in [1.807, 2.05) is 0 Å². The summed E-state index contributed by atoms with van der Waals surface area (Å²) in [5.41, 5.74) is 5.41. The van der Waals surface area contributed by atoms with E-state index in [0.717, 1.165) is 0 Å². The molecule has 3 N–H and O–H groups in total.